The summed E-state index contributed by atoms with van der Waals surface area (Å²) in [6.45, 7) is 0. The number of carbonyl (C=O) groups excluding carboxylic acids is 1. The lowest BCUT2D eigenvalue weighted by Gasteiger charge is -1.97. The zero-order chi connectivity index (χ0) is 10.5. The molecule has 0 aliphatic carbocycles. The van der Waals surface area contributed by atoms with Gasteiger partial charge in [-0.05, 0) is 12.1 Å². The summed E-state index contributed by atoms with van der Waals surface area (Å²) in [5.74, 6) is 0.822. The second-order valence-corrected chi connectivity index (χ2v) is 5.07. The predicted molar refractivity (Wildman–Crippen MR) is 63.5 cm³/mol. The van der Waals surface area contributed by atoms with Crippen molar-refractivity contribution < 1.29 is 4.79 Å². The van der Waals surface area contributed by atoms with E-state index >= 15 is 0 Å². The summed E-state index contributed by atoms with van der Waals surface area (Å²) >= 11 is 3.18. The van der Waals surface area contributed by atoms with Gasteiger partial charge in [-0.15, -0.1) is 23.1 Å². The monoisotopic (exact) mass is 235 g/mol. The molecule has 1 heterocycles. The Kier molecular flexibility index (Phi) is 3.53. The van der Waals surface area contributed by atoms with E-state index in [1.165, 1.54) is 16.2 Å². The lowest BCUT2D eigenvalue weighted by Crippen LogP contribution is -1.76. The standard InChI is InChI=1S/C11H9NOS2/c13-7-10-6-12-11(15-10)8-14-9-4-2-1-3-5-9/h1-7H,8H2. The van der Waals surface area contributed by atoms with Crippen LogP contribution in [0, 0.1) is 0 Å². The number of hydrogen-bond acceptors (Lipinski definition) is 4. The van der Waals surface area contributed by atoms with Crippen molar-refractivity contribution in [1.29, 1.82) is 0 Å². The van der Waals surface area contributed by atoms with Crippen LogP contribution in [0.2, 0.25) is 0 Å². The summed E-state index contributed by atoms with van der Waals surface area (Å²) in [5, 5.41) is 0.992. The highest BCUT2D eigenvalue weighted by atomic mass is 32.2. The molecule has 0 spiro atoms. The Hall–Kier alpha value is -1.13. The molecule has 15 heavy (non-hydrogen) atoms. The van der Waals surface area contributed by atoms with E-state index in [1.54, 1.807) is 18.0 Å². The Morgan fingerprint density at radius 1 is 1.33 bits per heavy atom. The lowest BCUT2D eigenvalue weighted by molar-refractivity contribution is 0.112. The third kappa shape index (κ3) is 2.91. The topological polar surface area (TPSA) is 30.0 Å². The van der Waals surface area contributed by atoms with Crippen LogP contribution >= 0.6 is 23.1 Å². The maximum absolute atomic E-state index is 10.5. The van der Waals surface area contributed by atoms with Crippen LogP contribution in [0.5, 0.6) is 0 Å². The van der Waals surface area contributed by atoms with E-state index in [1.807, 2.05) is 18.2 Å². The minimum atomic E-state index is 0.693. The molecule has 2 rings (SSSR count). The van der Waals surface area contributed by atoms with E-state index in [2.05, 4.69) is 17.1 Å². The number of thiazole rings is 1. The van der Waals surface area contributed by atoms with Gasteiger partial charge in [0.15, 0.2) is 6.29 Å². The number of aldehydes is 1. The fourth-order valence-corrected chi connectivity index (χ4v) is 2.77. The second-order valence-electron chi connectivity index (χ2n) is 2.88. The van der Waals surface area contributed by atoms with Gasteiger partial charge < -0.3 is 0 Å². The zero-order valence-corrected chi connectivity index (χ0v) is 9.55. The van der Waals surface area contributed by atoms with Crippen LogP contribution in [-0.4, -0.2) is 11.3 Å². The normalized spacial score (nSPS) is 10.1. The summed E-state index contributed by atoms with van der Waals surface area (Å²) in [4.78, 5) is 16.5. The summed E-state index contributed by atoms with van der Waals surface area (Å²) in [5.41, 5.74) is 0. The highest BCUT2D eigenvalue weighted by molar-refractivity contribution is 7.98. The molecule has 1 aromatic heterocycles. The quantitative estimate of drug-likeness (QED) is 0.602. The number of aromatic nitrogens is 1. The Balaban J connectivity index is 1.96. The van der Waals surface area contributed by atoms with Crippen molar-refractivity contribution in [2.75, 3.05) is 0 Å². The van der Waals surface area contributed by atoms with Gasteiger partial charge >= 0.3 is 0 Å². The highest BCUT2D eigenvalue weighted by Crippen LogP contribution is 2.24. The van der Waals surface area contributed by atoms with Gasteiger partial charge in [0.2, 0.25) is 0 Å². The number of hydrogen-bond donors (Lipinski definition) is 0. The van der Waals surface area contributed by atoms with Gasteiger partial charge in [0.1, 0.15) is 5.01 Å². The SMILES string of the molecule is O=Cc1cnc(CSc2ccccc2)s1. The van der Waals surface area contributed by atoms with E-state index in [-0.39, 0.29) is 0 Å². The highest BCUT2D eigenvalue weighted by Gasteiger charge is 2.01. The third-order valence-electron chi connectivity index (χ3n) is 1.79. The first-order chi connectivity index (χ1) is 7.38. The Bertz CT molecular complexity index is 439. The Morgan fingerprint density at radius 2 is 2.13 bits per heavy atom. The fraction of sp³-hybridized carbons (Fsp3) is 0.0909. The van der Waals surface area contributed by atoms with E-state index in [4.69, 9.17) is 0 Å². The fourth-order valence-electron chi connectivity index (χ4n) is 1.11. The molecule has 2 aromatic rings. The Morgan fingerprint density at radius 3 is 2.80 bits per heavy atom. The van der Waals surface area contributed by atoms with Gasteiger partial charge in [0.05, 0.1) is 10.6 Å². The lowest BCUT2D eigenvalue weighted by atomic mass is 10.4. The second kappa shape index (κ2) is 5.09. The van der Waals surface area contributed by atoms with Crippen molar-refractivity contribution in [2.24, 2.45) is 0 Å². The average molecular weight is 235 g/mol. The summed E-state index contributed by atoms with van der Waals surface area (Å²) in [7, 11) is 0. The predicted octanol–water partition coefficient (Wildman–Crippen LogP) is 3.25. The maximum atomic E-state index is 10.5. The molecular formula is C11H9NOS2. The average Bonchev–Trinajstić information content (AvgIpc) is 2.76. The third-order valence-corrected chi connectivity index (χ3v) is 3.92. The molecule has 0 fully saturated rings. The first-order valence-corrected chi connectivity index (χ1v) is 6.26. The molecule has 0 bridgehead atoms. The number of nitrogens with zero attached hydrogens (tertiary/aromatic N) is 1. The molecule has 0 saturated heterocycles. The molecule has 0 aliphatic rings. The number of benzene rings is 1. The molecule has 0 amide bonds. The zero-order valence-electron chi connectivity index (χ0n) is 7.92. The van der Waals surface area contributed by atoms with Gasteiger partial charge in [-0.3, -0.25) is 4.79 Å². The molecule has 76 valence electrons. The van der Waals surface area contributed by atoms with Gasteiger partial charge in [-0.1, -0.05) is 18.2 Å². The summed E-state index contributed by atoms with van der Waals surface area (Å²) in [6, 6.07) is 10.2. The van der Waals surface area contributed by atoms with Gasteiger partial charge in [0.25, 0.3) is 0 Å². The number of thioether (sulfide) groups is 1. The van der Waals surface area contributed by atoms with Crippen LogP contribution in [0.4, 0.5) is 0 Å². The van der Waals surface area contributed by atoms with Crippen molar-refractivity contribution in [1.82, 2.24) is 4.98 Å². The van der Waals surface area contributed by atoms with Crippen molar-refractivity contribution in [2.45, 2.75) is 10.6 Å². The van der Waals surface area contributed by atoms with Crippen LogP contribution in [-0.2, 0) is 5.75 Å². The number of carbonyl (C=O) groups is 1. The van der Waals surface area contributed by atoms with Crippen molar-refractivity contribution in [3.8, 4) is 0 Å². The molecule has 0 unspecified atom stereocenters. The Labute approximate surface area is 96.4 Å². The van der Waals surface area contributed by atoms with E-state index in [0.717, 1.165) is 17.0 Å². The van der Waals surface area contributed by atoms with Crippen LogP contribution < -0.4 is 0 Å². The first-order valence-electron chi connectivity index (χ1n) is 4.46. The van der Waals surface area contributed by atoms with Crippen LogP contribution in [0.3, 0.4) is 0 Å². The van der Waals surface area contributed by atoms with Crippen molar-refractivity contribution >= 4 is 29.4 Å². The summed E-state index contributed by atoms with van der Waals surface area (Å²) < 4.78 is 0. The van der Waals surface area contributed by atoms with E-state index in [0.29, 0.717) is 4.88 Å². The maximum Gasteiger partial charge on any atom is 0.161 e. The minimum absolute atomic E-state index is 0.693. The molecular weight excluding hydrogens is 226 g/mol. The molecule has 0 atom stereocenters. The molecule has 4 heteroatoms. The molecule has 0 radical (unpaired) electrons. The van der Waals surface area contributed by atoms with Crippen LogP contribution in [0.1, 0.15) is 14.7 Å². The van der Waals surface area contributed by atoms with Crippen LogP contribution in [0.15, 0.2) is 41.4 Å². The van der Waals surface area contributed by atoms with Gasteiger partial charge in [-0.25, -0.2) is 4.98 Å². The smallest absolute Gasteiger partial charge is 0.161 e. The van der Waals surface area contributed by atoms with Gasteiger partial charge in [-0.2, -0.15) is 0 Å². The molecule has 1 aromatic carbocycles. The molecule has 2 nitrogen and oxygen atoms in total. The van der Waals surface area contributed by atoms with E-state index in [9.17, 15) is 4.79 Å². The summed E-state index contributed by atoms with van der Waals surface area (Å²) in [6.07, 6.45) is 2.47. The minimum Gasteiger partial charge on any atom is -0.297 e. The van der Waals surface area contributed by atoms with Crippen molar-refractivity contribution in [3.63, 3.8) is 0 Å². The molecule has 0 N–H and O–H groups in total. The largest absolute Gasteiger partial charge is 0.297 e. The molecule has 0 saturated carbocycles. The molecule has 0 aliphatic heterocycles. The first kappa shape index (κ1) is 10.4. The van der Waals surface area contributed by atoms with Gasteiger partial charge in [0, 0.05) is 11.1 Å². The van der Waals surface area contributed by atoms with E-state index < -0.39 is 0 Å². The number of rotatable bonds is 4. The van der Waals surface area contributed by atoms with Crippen molar-refractivity contribution in [3.05, 3.63) is 46.4 Å². The van der Waals surface area contributed by atoms with Crippen LogP contribution in [0.25, 0.3) is 0 Å².